The lowest BCUT2D eigenvalue weighted by Crippen LogP contribution is -2.12. The van der Waals surface area contributed by atoms with Gasteiger partial charge in [0.05, 0.1) is 11.9 Å². The van der Waals surface area contributed by atoms with E-state index in [1.54, 1.807) is 12.1 Å². The van der Waals surface area contributed by atoms with E-state index in [-0.39, 0.29) is 15.7 Å². The minimum atomic E-state index is -3.57. The Bertz CT molecular complexity index is 599. The molecule has 0 unspecified atom stereocenters. The molecule has 4 N–H and O–H groups in total. The van der Waals surface area contributed by atoms with E-state index in [0.29, 0.717) is 0 Å². The van der Waals surface area contributed by atoms with Crippen molar-refractivity contribution in [3.8, 4) is 0 Å². The van der Waals surface area contributed by atoms with Crippen LogP contribution in [-0.4, -0.2) is 18.6 Å². The maximum Gasteiger partial charge on any atom is 0.272 e. The third kappa shape index (κ3) is 2.02. The number of nitrogens with zero attached hydrogens (tertiary/aromatic N) is 1. The summed E-state index contributed by atoms with van der Waals surface area (Å²) in [6.07, 6.45) is 1.34. The van der Waals surface area contributed by atoms with Crippen LogP contribution in [0.2, 0.25) is 0 Å². The fraction of sp³-hybridized carbons (Fsp3) is 0.125. The molecule has 0 radical (unpaired) electrons. The van der Waals surface area contributed by atoms with Crippen LogP contribution < -0.4 is 10.5 Å². The number of nitrogens with one attached hydrogen (secondary N) is 2. The van der Waals surface area contributed by atoms with Crippen molar-refractivity contribution in [2.45, 2.75) is 11.1 Å². The van der Waals surface area contributed by atoms with Crippen molar-refractivity contribution < 1.29 is 8.42 Å². The number of H-pyrrole nitrogens is 1. The van der Waals surface area contributed by atoms with Gasteiger partial charge >= 0.3 is 0 Å². The highest BCUT2D eigenvalue weighted by Crippen LogP contribution is 2.24. The van der Waals surface area contributed by atoms with Gasteiger partial charge in [0.15, 0.2) is 5.82 Å². The topological polar surface area (TPSA) is 101 Å². The van der Waals surface area contributed by atoms with E-state index in [2.05, 4.69) is 14.9 Å². The molecule has 2 aromatic rings. The second-order valence-corrected chi connectivity index (χ2v) is 6.37. The molecule has 0 atom stereocenters. The summed E-state index contributed by atoms with van der Waals surface area (Å²) in [6, 6.07) is 3.30. The van der Waals surface area contributed by atoms with Crippen LogP contribution >= 0.6 is 11.3 Å². The fourth-order valence-corrected chi connectivity index (χ4v) is 3.45. The average Bonchev–Trinajstić information content (AvgIpc) is 2.77. The summed E-state index contributed by atoms with van der Waals surface area (Å²) < 4.78 is 26.3. The normalized spacial score (nSPS) is 11.6. The molecule has 0 fully saturated rings. The number of aromatic nitrogens is 2. The highest BCUT2D eigenvalue weighted by molar-refractivity contribution is 7.94. The number of rotatable bonds is 3. The van der Waals surface area contributed by atoms with Crippen LogP contribution in [0.3, 0.4) is 0 Å². The molecule has 16 heavy (non-hydrogen) atoms. The first-order chi connectivity index (χ1) is 7.49. The summed E-state index contributed by atoms with van der Waals surface area (Å²) in [4.78, 5) is 0.929. The number of hydrogen-bond acceptors (Lipinski definition) is 5. The zero-order valence-electron chi connectivity index (χ0n) is 8.39. The van der Waals surface area contributed by atoms with Crippen molar-refractivity contribution >= 4 is 32.9 Å². The second-order valence-electron chi connectivity index (χ2n) is 3.17. The van der Waals surface area contributed by atoms with Crippen molar-refractivity contribution in [3.63, 3.8) is 0 Å². The molecule has 8 heteroatoms. The van der Waals surface area contributed by atoms with Crippen LogP contribution in [-0.2, 0) is 10.0 Å². The van der Waals surface area contributed by atoms with Crippen LogP contribution in [0.1, 0.15) is 4.88 Å². The zero-order chi connectivity index (χ0) is 11.8. The van der Waals surface area contributed by atoms with Crippen molar-refractivity contribution in [3.05, 3.63) is 23.2 Å². The summed E-state index contributed by atoms with van der Waals surface area (Å²) in [5.74, 6) is 0.186. The minimum absolute atomic E-state index is 0.186. The van der Waals surface area contributed by atoms with E-state index in [1.807, 2.05) is 6.92 Å². The zero-order valence-corrected chi connectivity index (χ0v) is 10.0. The quantitative estimate of drug-likeness (QED) is 0.769. The third-order valence-electron chi connectivity index (χ3n) is 1.89. The van der Waals surface area contributed by atoms with Crippen molar-refractivity contribution in [1.82, 2.24) is 10.2 Å². The summed E-state index contributed by atoms with van der Waals surface area (Å²) in [5, 5.41) is 6.11. The second kappa shape index (κ2) is 3.80. The predicted molar refractivity (Wildman–Crippen MR) is 62.9 cm³/mol. The number of nitrogens with two attached hydrogens (primary N) is 1. The van der Waals surface area contributed by atoms with Crippen molar-refractivity contribution in [1.29, 1.82) is 0 Å². The van der Waals surface area contributed by atoms with E-state index >= 15 is 0 Å². The first-order valence-corrected chi connectivity index (χ1v) is 6.67. The number of aryl methyl sites for hydroxylation is 1. The van der Waals surface area contributed by atoms with Gasteiger partial charge in [0.2, 0.25) is 0 Å². The highest BCUT2D eigenvalue weighted by atomic mass is 32.2. The molecular formula is C8H10N4O2S2. The first-order valence-electron chi connectivity index (χ1n) is 4.37. The predicted octanol–water partition coefficient (Wildman–Crippen LogP) is 1.16. The Hall–Kier alpha value is -1.54. The largest absolute Gasteiger partial charge is 0.394 e. The van der Waals surface area contributed by atoms with Gasteiger partial charge < -0.3 is 5.73 Å². The number of nitrogen functional groups attached to an aromatic ring is 1. The molecular weight excluding hydrogens is 248 g/mol. The molecule has 0 saturated carbocycles. The lowest BCUT2D eigenvalue weighted by atomic mass is 10.5. The molecule has 2 rings (SSSR count). The lowest BCUT2D eigenvalue weighted by Gasteiger charge is -2.03. The molecule has 0 bridgehead atoms. The first kappa shape index (κ1) is 11.0. The maximum atomic E-state index is 11.9. The Balaban J connectivity index is 2.31. The van der Waals surface area contributed by atoms with Gasteiger partial charge in [0, 0.05) is 4.88 Å². The van der Waals surface area contributed by atoms with Gasteiger partial charge in [0.1, 0.15) is 4.21 Å². The molecule has 0 spiro atoms. The van der Waals surface area contributed by atoms with Crippen LogP contribution in [0, 0.1) is 6.92 Å². The number of thiophene rings is 1. The van der Waals surface area contributed by atoms with E-state index in [1.165, 1.54) is 17.5 Å². The highest BCUT2D eigenvalue weighted by Gasteiger charge is 2.18. The molecule has 0 amide bonds. The number of anilines is 2. The van der Waals surface area contributed by atoms with Gasteiger partial charge in [0.25, 0.3) is 10.0 Å². The van der Waals surface area contributed by atoms with E-state index in [0.717, 1.165) is 4.88 Å². The molecule has 0 aliphatic carbocycles. The van der Waals surface area contributed by atoms with Crippen LogP contribution in [0.15, 0.2) is 22.5 Å². The fourth-order valence-electron chi connectivity index (χ4n) is 1.12. The third-order valence-corrected chi connectivity index (χ3v) is 4.73. The number of aromatic amines is 1. The molecule has 2 aromatic heterocycles. The van der Waals surface area contributed by atoms with Crippen molar-refractivity contribution in [2.75, 3.05) is 10.5 Å². The standard InChI is InChI=1S/C8H10N4O2S2/c1-5-2-3-7(15-5)16(13,14)12-8-6(9)4-10-11-8/h2-4H,9H2,1H3,(H2,10,11,12). The van der Waals surface area contributed by atoms with Gasteiger partial charge in [-0.2, -0.15) is 5.10 Å². The SMILES string of the molecule is Cc1ccc(S(=O)(=O)Nc2[nH]ncc2N)s1. The van der Waals surface area contributed by atoms with Crippen LogP contribution in [0.25, 0.3) is 0 Å². The van der Waals surface area contributed by atoms with Crippen molar-refractivity contribution in [2.24, 2.45) is 0 Å². The minimum Gasteiger partial charge on any atom is -0.394 e. The lowest BCUT2D eigenvalue weighted by molar-refractivity contribution is 0.603. The van der Waals surface area contributed by atoms with Gasteiger partial charge in [-0.05, 0) is 19.1 Å². The Morgan fingerprint density at radius 2 is 2.25 bits per heavy atom. The summed E-state index contributed by atoms with van der Waals surface area (Å²) in [7, 11) is -3.57. The molecule has 0 saturated heterocycles. The van der Waals surface area contributed by atoms with Crippen LogP contribution in [0.5, 0.6) is 0 Å². The van der Waals surface area contributed by atoms with Gasteiger partial charge in [-0.15, -0.1) is 11.3 Å². The molecule has 6 nitrogen and oxygen atoms in total. The monoisotopic (exact) mass is 258 g/mol. The Kier molecular flexibility index (Phi) is 2.60. The Labute approximate surface area is 96.5 Å². The average molecular weight is 258 g/mol. The van der Waals surface area contributed by atoms with E-state index < -0.39 is 10.0 Å². The maximum absolute atomic E-state index is 11.9. The van der Waals surface area contributed by atoms with E-state index in [9.17, 15) is 8.42 Å². The molecule has 0 aliphatic rings. The van der Waals surface area contributed by atoms with Gasteiger partial charge in [-0.1, -0.05) is 0 Å². The van der Waals surface area contributed by atoms with Gasteiger partial charge in [-0.25, -0.2) is 8.42 Å². The van der Waals surface area contributed by atoms with Gasteiger partial charge in [-0.3, -0.25) is 9.82 Å². The summed E-state index contributed by atoms with van der Waals surface area (Å²) in [5.41, 5.74) is 5.77. The van der Waals surface area contributed by atoms with Crippen LogP contribution in [0.4, 0.5) is 11.5 Å². The van der Waals surface area contributed by atoms with E-state index in [4.69, 9.17) is 5.73 Å². The smallest absolute Gasteiger partial charge is 0.272 e. The Morgan fingerprint density at radius 1 is 1.50 bits per heavy atom. The summed E-state index contributed by atoms with van der Waals surface area (Å²) in [6.45, 7) is 1.84. The molecule has 2 heterocycles. The molecule has 0 aromatic carbocycles. The molecule has 0 aliphatic heterocycles. The summed E-state index contributed by atoms with van der Waals surface area (Å²) >= 11 is 1.20. The number of hydrogen-bond donors (Lipinski definition) is 3. The molecule has 86 valence electrons. The Morgan fingerprint density at radius 3 is 2.75 bits per heavy atom. The number of sulfonamides is 1.